The van der Waals surface area contributed by atoms with Crippen molar-refractivity contribution < 1.29 is 17.3 Å². The molecule has 0 bridgehead atoms. The number of rotatable bonds is 7. The van der Waals surface area contributed by atoms with Gasteiger partial charge in [0.15, 0.2) is 0 Å². The lowest BCUT2D eigenvalue weighted by molar-refractivity contribution is 0.0230. The van der Waals surface area contributed by atoms with Gasteiger partial charge in [0.2, 0.25) is 0 Å². The van der Waals surface area contributed by atoms with Crippen LogP contribution >= 0.6 is 0 Å². The van der Waals surface area contributed by atoms with Crippen LogP contribution in [0.5, 0.6) is 5.75 Å². The van der Waals surface area contributed by atoms with Crippen LogP contribution in [0.4, 0.5) is 0 Å². The lowest BCUT2D eigenvalue weighted by Crippen LogP contribution is -2.37. The second-order valence-corrected chi connectivity index (χ2v) is 8.21. The minimum atomic E-state index is -1.69. The average molecular weight is 355 g/mol. The molecule has 0 aromatic heterocycles. The van der Waals surface area contributed by atoms with Crippen LogP contribution in [-0.2, 0) is 25.1 Å². The fourth-order valence-electron chi connectivity index (χ4n) is 2.80. The third-order valence-electron chi connectivity index (χ3n) is 4.24. The van der Waals surface area contributed by atoms with Crippen LogP contribution in [0.25, 0.3) is 0 Å². The van der Waals surface area contributed by atoms with Crippen LogP contribution in [0, 0.1) is 0 Å². The van der Waals surface area contributed by atoms with E-state index in [9.17, 15) is 4.21 Å². The van der Waals surface area contributed by atoms with Gasteiger partial charge in [0.05, 0.1) is 6.61 Å². The van der Waals surface area contributed by atoms with Crippen LogP contribution in [0.1, 0.15) is 65.4 Å². The van der Waals surface area contributed by atoms with Gasteiger partial charge in [0, 0.05) is 0 Å². The van der Waals surface area contributed by atoms with Gasteiger partial charge in [-0.15, -0.1) is 0 Å². The molecule has 0 saturated heterocycles. The van der Waals surface area contributed by atoms with E-state index in [1.165, 1.54) is 5.56 Å². The highest BCUT2D eigenvalue weighted by Gasteiger charge is 2.30. The lowest BCUT2D eigenvalue weighted by atomic mass is 9.87. The van der Waals surface area contributed by atoms with E-state index in [2.05, 4.69) is 32.9 Å². The molecule has 24 heavy (non-hydrogen) atoms. The van der Waals surface area contributed by atoms with E-state index in [0.29, 0.717) is 6.61 Å². The zero-order chi connectivity index (χ0) is 17.6. The van der Waals surface area contributed by atoms with Crippen LogP contribution in [0.2, 0.25) is 0 Å². The predicted octanol–water partition coefficient (Wildman–Crippen LogP) is 4.70. The molecule has 0 N–H and O–H groups in total. The van der Waals surface area contributed by atoms with E-state index in [0.717, 1.165) is 37.9 Å². The number of benzene rings is 1. The summed E-state index contributed by atoms with van der Waals surface area (Å²) >= 11 is -1.69. The molecule has 1 aliphatic carbocycles. The van der Waals surface area contributed by atoms with Crippen LogP contribution in [0.3, 0.4) is 0 Å². The maximum Gasteiger partial charge on any atom is 0.305 e. The Kier molecular flexibility index (Phi) is 7.26. The maximum atomic E-state index is 11.8. The number of ether oxygens (including phenoxy) is 1. The molecular weight excluding hydrogens is 324 g/mol. The van der Waals surface area contributed by atoms with E-state index in [-0.39, 0.29) is 17.6 Å². The van der Waals surface area contributed by atoms with Gasteiger partial charge in [0.1, 0.15) is 18.0 Å². The average Bonchev–Trinajstić information content (AvgIpc) is 2.54. The first-order chi connectivity index (χ1) is 11.4. The first-order valence-electron chi connectivity index (χ1n) is 8.89. The molecule has 0 aliphatic heterocycles. The Labute approximate surface area is 148 Å². The molecule has 0 amide bonds. The zero-order valence-electron chi connectivity index (χ0n) is 15.2. The molecule has 0 radical (unpaired) electrons. The minimum absolute atomic E-state index is 0.0755. The van der Waals surface area contributed by atoms with Crippen molar-refractivity contribution in [3.63, 3.8) is 0 Å². The van der Waals surface area contributed by atoms with Crippen molar-refractivity contribution in [2.24, 2.45) is 0 Å². The third kappa shape index (κ3) is 5.87. The summed E-state index contributed by atoms with van der Waals surface area (Å²) < 4.78 is 28.7. The van der Waals surface area contributed by atoms with Gasteiger partial charge in [-0.1, -0.05) is 46.2 Å². The van der Waals surface area contributed by atoms with E-state index in [1.807, 2.05) is 19.1 Å². The topological polar surface area (TPSA) is 44.8 Å². The van der Waals surface area contributed by atoms with Gasteiger partial charge >= 0.3 is 11.4 Å². The van der Waals surface area contributed by atoms with E-state index in [4.69, 9.17) is 13.1 Å². The van der Waals surface area contributed by atoms with Gasteiger partial charge in [-0.2, -0.15) is 4.21 Å². The van der Waals surface area contributed by atoms with Crippen molar-refractivity contribution in [3.8, 4) is 5.75 Å². The summed E-state index contributed by atoms with van der Waals surface area (Å²) in [5.74, 6) is 0.837. The van der Waals surface area contributed by atoms with Crippen molar-refractivity contribution in [1.29, 1.82) is 0 Å². The smallest absolute Gasteiger partial charge is 0.305 e. The van der Waals surface area contributed by atoms with Gasteiger partial charge in [-0.25, -0.2) is 0 Å². The third-order valence-corrected chi connectivity index (χ3v) is 5.00. The standard InChI is InChI=1S/C19H30O4S/c1-5-14-21-24(20)23-18-9-7-6-8-17(18)22-16-12-10-15(11-13-16)19(2,3)4/h10-13,17-18H,5-9,14H2,1-4H3. The molecule has 1 saturated carbocycles. The Hall–Kier alpha value is -0.910. The minimum Gasteiger partial charge on any atom is -0.488 e. The molecule has 1 aromatic carbocycles. The Morgan fingerprint density at radius 1 is 1.08 bits per heavy atom. The van der Waals surface area contributed by atoms with Gasteiger partial charge in [-0.3, -0.25) is 8.37 Å². The fourth-order valence-corrected chi connectivity index (χ4v) is 3.58. The first kappa shape index (κ1) is 19.4. The maximum absolute atomic E-state index is 11.8. The van der Waals surface area contributed by atoms with Crippen LogP contribution in [0.15, 0.2) is 24.3 Å². The molecule has 2 rings (SSSR count). The summed E-state index contributed by atoms with van der Waals surface area (Å²) in [7, 11) is 0. The number of hydrogen-bond donors (Lipinski definition) is 0. The van der Waals surface area contributed by atoms with Crippen LogP contribution in [-0.4, -0.2) is 23.0 Å². The molecule has 0 spiro atoms. The molecule has 1 aliphatic rings. The normalized spacial score (nSPS) is 23.0. The predicted molar refractivity (Wildman–Crippen MR) is 97.3 cm³/mol. The monoisotopic (exact) mass is 354 g/mol. The van der Waals surface area contributed by atoms with Crippen molar-refractivity contribution >= 4 is 11.4 Å². The Morgan fingerprint density at radius 3 is 2.29 bits per heavy atom. The van der Waals surface area contributed by atoms with E-state index in [1.54, 1.807) is 0 Å². The molecule has 3 unspecified atom stereocenters. The Balaban J connectivity index is 1.96. The van der Waals surface area contributed by atoms with Gasteiger partial charge in [0.25, 0.3) is 0 Å². The van der Waals surface area contributed by atoms with Crippen molar-refractivity contribution in [1.82, 2.24) is 0 Å². The quantitative estimate of drug-likeness (QED) is 0.712. The first-order valence-corrected chi connectivity index (χ1v) is 9.89. The lowest BCUT2D eigenvalue weighted by Gasteiger charge is -2.31. The summed E-state index contributed by atoms with van der Waals surface area (Å²) in [5.41, 5.74) is 1.41. The molecule has 0 heterocycles. The zero-order valence-corrected chi connectivity index (χ0v) is 16.1. The molecule has 1 fully saturated rings. The Morgan fingerprint density at radius 2 is 1.71 bits per heavy atom. The number of hydrogen-bond acceptors (Lipinski definition) is 4. The summed E-state index contributed by atoms with van der Waals surface area (Å²) in [6, 6.07) is 8.24. The molecule has 4 nitrogen and oxygen atoms in total. The van der Waals surface area contributed by atoms with Crippen LogP contribution < -0.4 is 4.74 Å². The summed E-state index contributed by atoms with van der Waals surface area (Å²) in [6.45, 7) is 9.00. The largest absolute Gasteiger partial charge is 0.488 e. The molecule has 3 atom stereocenters. The van der Waals surface area contributed by atoms with E-state index < -0.39 is 11.4 Å². The SMILES string of the molecule is CCCOS(=O)OC1CCCCC1Oc1ccc(C(C)(C)C)cc1. The molecular formula is C19H30O4S. The molecule has 5 heteroatoms. The highest BCUT2D eigenvalue weighted by Crippen LogP contribution is 2.29. The Bertz CT molecular complexity index is 521. The van der Waals surface area contributed by atoms with Crippen molar-refractivity contribution in [2.75, 3.05) is 6.61 Å². The second-order valence-electron chi connectivity index (χ2n) is 7.38. The van der Waals surface area contributed by atoms with Crippen molar-refractivity contribution in [3.05, 3.63) is 29.8 Å². The van der Waals surface area contributed by atoms with Gasteiger partial charge in [-0.05, 0) is 48.8 Å². The molecule has 136 valence electrons. The summed E-state index contributed by atoms with van der Waals surface area (Å²) in [6.07, 6.45) is 4.50. The fraction of sp³-hybridized carbons (Fsp3) is 0.684. The van der Waals surface area contributed by atoms with Crippen molar-refractivity contribution in [2.45, 2.75) is 77.4 Å². The summed E-state index contributed by atoms with van der Waals surface area (Å²) in [5, 5.41) is 0. The van der Waals surface area contributed by atoms with Gasteiger partial charge < -0.3 is 4.74 Å². The summed E-state index contributed by atoms with van der Waals surface area (Å²) in [4.78, 5) is 0. The van der Waals surface area contributed by atoms with E-state index >= 15 is 0 Å². The highest BCUT2D eigenvalue weighted by atomic mass is 32.2. The second kappa shape index (κ2) is 8.97. The highest BCUT2D eigenvalue weighted by molar-refractivity contribution is 7.75. The molecule has 1 aromatic rings.